The second kappa shape index (κ2) is 9.64. The van der Waals surface area contributed by atoms with E-state index in [1.807, 2.05) is 12.1 Å². The molecular weight excluding hydrogens is 320 g/mol. The molecule has 20 heavy (non-hydrogen) atoms. The van der Waals surface area contributed by atoms with Crippen LogP contribution in [0.5, 0.6) is 5.75 Å². The average molecular weight is 343 g/mol. The number of ether oxygens (including phenoxy) is 1. The first-order valence-electron chi connectivity index (χ1n) is 7.09. The summed E-state index contributed by atoms with van der Waals surface area (Å²) in [5.74, 6) is 0.710. The Balaban J connectivity index is 2.43. The van der Waals surface area contributed by atoms with Crippen molar-refractivity contribution in [2.75, 3.05) is 6.61 Å². The molecule has 0 atom stereocenters. The van der Waals surface area contributed by atoms with Gasteiger partial charge in [0.1, 0.15) is 5.75 Å². The fraction of sp³-hybridized carbons (Fsp3) is 0.533. The molecule has 0 aliphatic rings. The highest BCUT2D eigenvalue weighted by atomic mass is 79.9. The lowest BCUT2D eigenvalue weighted by molar-refractivity contribution is 0.302. The first kappa shape index (κ1) is 16.8. The summed E-state index contributed by atoms with van der Waals surface area (Å²) in [6.45, 7) is 2.87. The van der Waals surface area contributed by atoms with Crippen molar-refractivity contribution in [3.8, 4) is 5.75 Å². The summed E-state index contributed by atoms with van der Waals surface area (Å²) < 4.78 is 6.60. The maximum absolute atomic E-state index is 8.79. The van der Waals surface area contributed by atoms with Crippen molar-refractivity contribution in [2.24, 2.45) is 10.9 Å². The largest absolute Gasteiger partial charge is 0.493 e. The molecule has 0 aliphatic carbocycles. The molecule has 0 aliphatic heterocycles. The van der Waals surface area contributed by atoms with Crippen LogP contribution in [0.15, 0.2) is 27.8 Å². The highest BCUT2D eigenvalue weighted by Crippen LogP contribution is 2.23. The van der Waals surface area contributed by atoms with Crippen LogP contribution in [0.2, 0.25) is 0 Å². The van der Waals surface area contributed by atoms with E-state index < -0.39 is 0 Å². The van der Waals surface area contributed by atoms with Gasteiger partial charge in [0.05, 0.1) is 12.2 Å². The van der Waals surface area contributed by atoms with E-state index in [1.165, 1.54) is 32.1 Å². The van der Waals surface area contributed by atoms with Gasteiger partial charge in [-0.1, -0.05) is 60.1 Å². The number of amidine groups is 1. The van der Waals surface area contributed by atoms with Crippen LogP contribution < -0.4 is 10.5 Å². The second-order valence-corrected chi connectivity index (χ2v) is 5.66. The molecule has 0 amide bonds. The maximum atomic E-state index is 8.79. The van der Waals surface area contributed by atoms with Crippen LogP contribution in [0.25, 0.3) is 0 Å². The van der Waals surface area contributed by atoms with Crippen LogP contribution in [0.3, 0.4) is 0 Å². The number of benzene rings is 1. The summed E-state index contributed by atoms with van der Waals surface area (Å²) >= 11 is 3.36. The van der Waals surface area contributed by atoms with E-state index in [0.29, 0.717) is 17.9 Å². The molecule has 4 nitrogen and oxygen atoms in total. The second-order valence-electron chi connectivity index (χ2n) is 4.74. The van der Waals surface area contributed by atoms with Gasteiger partial charge in [0.25, 0.3) is 0 Å². The Morgan fingerprint density at radius 2 is 1.95 bits per heavy atom. The van der Waals surface area contributed by atoms with E-state index in [4.69, 9.17) is 15.7 Å². The summed E-state index contributed by atoms with van der Waals surface area (Å²) in [4.78, 5) is 0. The van der Waals surface area contributed by atoms with Gasteiger partial charge in [0.15, 0.2) is 5.84 Å². The molecule has 1 aromatic carbocycles. The molecule has 112 valence electrons. The lowest BCUT2D eigenvalue weighted by atomic mass is 10.1. The van der Waals surface area contributed by atoms with E-state index in [-0.39, 0.29) is 5.84 Å². The summed E-state index contributed by atoms with van der Waals surface area (Å²) in [6.07, 6.45) is 7.32. The number of unbranched alkanes of at least 4 members (excludes halogenated alkanes) is 5. The van der Waals surface area contributed by atoms with Gasteiger partial charge < -0.3 is 15.7 Å². The highest BCUT2D eigenvalue weighted by Gasteiger charge is 2.09. The smallest absolute Gasteiger partial charge is 0.173 e. The summed E-state index contributed by atoms with van der Waals surface area (Å²) in [7, 11) is 0. The lowest BCUT2D eigenvalue weighted by Gasteiger charge is -2.11. The fourth-order valence-electron chi connectivity index (χ4n) is 1.95. The van der Waals surface area contributed by atoms with Crippen molar-refractivity contribution in [1.29, 1.82) is 0 Å². The molecule has 0 radical (unpaired) electrons. The monoisotopic (exact) mass is 342 g/mol. The average Bonchev–Trinajstić information content (AvgIpc) is 2.46. The Morgan fingerprint density at radius 1 is 1.25 bits per heavy atom. The van der Waals surface area contributed by atoms with Crippen LogP contribution in [0, 0.1) is 0 Å². The molecule has 0 bridgehead atoms. The Morgan fingerprint density at radius 3 is 2.65 bits per heavy atom. The molecule has 0 saturated heterocycles. The number of oxime groups is 1. The van der Waals surface area contributed by atoms with Gasteiger partial charge in [-0.25, -0.2) is 0 Å². The zero-order chi connectivity index (χ0) is 14.8. The zero-order valence-corrected chi connectivity index (χ0v) is 13.5. The Bertz CT molecular complexity index is 436. The Hall–Kier alpha value is -1.23. The Kier molecular flexibility index (Phi) is 8.11. The summed E-state index contributed by atoms with van der Waals surface area (Å²) in [6, 6.07) is 5.49. The minimum Gasteiger partial charge on any atom is -0.493 e. The van der Waals surface area contributed by atoms with Gasteiger partial charge in [-0.3, -0.25) is 0 Å². The van der Waals surface area contributed by atoms with Crippen LogP contribution in [-0.4, -0.2) is 17.6 Å². The molecule has 1 rings (SSSR count). The zero-order valence-electron chi connectivity index (χ0n) is 11.9. The lowest BCUT2D eigenvalue weighted by Crippen LogP contribution is -2.15. The van der Waals surface area contributed by atoms with Crippen molar-refractivity contribution in [3.63, 3.8) is 0 Å². The maximum Gasteiger partial charge on any atom is 0.173 e. The standard InChI is InChI=1S/C15H23BrN2O2/c1-2-3-4-5-6-7-10-20-14-9-8-12(16)11-13(14)15(17)18-19/h8-9,11,19H,2-7,10H2,1H3,(H2,17,18). The predicted molar refractivity (Wildman–Crippen MR) is 85.5 cm³/mol. The van der Waals surface area contributed by atoms with Crippen LogP contribution >= 0.6 is 15.9 Å². The minimum atomic E-state index is 0.0595. The quantitative estimate of drug-likeness (QED) is 0.231. The third-order valence-electron chi connectivity index (χ3n) is 3.08. The van der Waals surface area contributed by atoms with Crippen molar-refractivity contribution >= 4 is 21.8 Å². The molecule has 0 fully saturated rings. The number of hydrogen-bond donors (Lipinski definition) is 2. The van der Waals surface area contributed by atoms with Crippen LogP contribution in [0.1, 0.15) is 51.0 Å². The van der Waals surface area contributed by atoms with E-state index in [9.17, 15) is 0 Å². The molecule has 0 unspecified atom stereocenters. The van der Waals surface area contributed by atoms with E-state index >= 15 is 0 Å². The van der Waals surface area contributed by atoms with Gasteiger partial charge >= 0.3 is 0 Å². The third-order valence-corrected chi connectivity index (χ3v) is 3.57. The number of rotatable bonds is 9. The van der Waals surface area contributed by atoms with Crippen molar-refractivity contribution < 1.29 is 9.94 Å². The Labute approximate surface area is 129 Å². The van der Waals surface area contributed by atoms with Crippen molar-refractivity contribution in [1.82, 2.24) is 0 Å². The first-order chi connectivity index (χ1) is 9.69. The number of nitrogens with two attached hydrogens (primary N) is 1. The molecule has 0 aromatic heterocycles. The van der Waals surface area contributed by atoms with Gasteiger partial charge in [-0.05, 0) is 24.6 Å². The molecule has 1 aromatic rings. The van der Waals surface area contributed by atoms with E-state index in [1.54, 1.807) is 6.07 Å². The molecule has 0 saturated carbocycles. The van der Waals surface area contributed by atoms with E-state index in [0.717, 1.165) is 10.9 Å². The van der Waals surface area contributed by atoms with Crippen LogP contribution in [0.4, 0.5) is 0 Å². The van der Waals surface area contributed by atoms with Gasteiger partial charge in [0.2, 0.25) is 0 Å². The fourth-order valence-corrected chi connectivity index (χ4v) is 2.31. The summed E-state index contributed by atoms with van der Waals surface area (Å²) in [5, 5.41) is 11.8. The molecule has 0 heterocycles. The number of nitrogens with zero attached hydrogens (tertiary/aromatic N) is 1. The molecular formula is C15H23BrN2O2. The molecule has 3 N–H and O–H groups in total. The predicted octanol–water partition coefficient (Wildman–Crippen LogP) is 4.28. The van der Waals surface area contributed by atoms with Crippen LogP contribution in [-0.2, 0) is 0 Å². The van der Waals surface area contributed by atoms with E-state index in [2.05, 4.69) is 28.0 Å². The first-order valence-corrected chi connectivity index (χ1v) is 7.88. The summed E-state index contributed by atoms with van der Waals surface area (Å²) in [5.41, 5.74) is 6.25. The normalized spacial score (nSPS) is 11.6. The van der Waals surface area contributed by atoms with Gasteiger partial charge in [-0.2, -0.15) is 0 Å². The number of halogens is 1. The molecule has 0 spiro atoms. The minimum absolute atomic E-state index is 0.0595. The topological polar surface area (TPSA) is 67.8 Å². The van der Waals surface area contributed by atoms with Gasteiger partial charge in [-0.15, -0.1) is 0 Å². The van der Waals surface area contributed by atoms with Crippen molar-refractivity contribution in [2.45, 2.75) is 45.4 Å². The highest BCUT2D eigenvalue weighted by molar-refractivity contribution is 9.10. The third kappa shape index (κ3) is 5.82. The SMILES string of the molecule is CCCCCCCCOc1ccc(Br)cc1/C(N)=N/O. The number of hydrogen-bond acceptors (Lipinski definition) is 3. The van der Waals surface area contributed by atoms with Crippen molar-refractivity contribution in [3.05, 3.63) is 28.2 Å². The molecule has 5 heteroatoms. The van der Waals surface area contributed by atoms with Gasteiger partial charge in [0, 0.05) is 4.47 Å².